The van der Waals surface area contributed by atoms with E-state index in [1.807, 2.05) is 24.3 Å². The molecule has 2 rings (SSSR count). The molecule has 102 valence electrons. The summed E-state index contributed by atoms with van der Waals surface area (Å²) in [6.45, 7) is 5.69. The van der Waals surface area contributed by atoms with E-state index < -0.39 is 0 Å². The monoisotopic (exact) mass is 260 g/mol. The zero-order chi connectivity index (χ0) is 13.5. The quantitative estimate of drug-likeness (QED) is 0.829. The van der Waals surface area contributed by atoms with E-state index in [0.29, 0.717) is 6.61 Å². The number of aromatic nitrogens is 1. The second-order valence-corrected chi connectivity index (χ2v) is 4.46. The molecular weight excluding hydrogens is 240 g/mol. The second-order valence-electron chi connectivity index (χ2n) is 4.46. The van der Waals surface area contributed by atoms with Crippen LogP contribution in [0.5, 0.6) is 5.75 Å². The molecule has 0 radical (unpaired) electrons. The van der Waals surface area contributed by atoms with E-state index in [4.69, 9.17) is 9.15 Å². The molecule has 4 heteroatoms. The van der Waals surface area contributed by atoms with E-state index in [-0.39, 0.29) is 6.04 Å². The van der Waals surface area contributed by atoms with Gasteiger partial charge in [-0.15, -0.1) is 0 Å². The summed E-state index contributed by atoms with van der Waals surface area (Å²) in [5, 5.41) is 3.40. The first-order valence-electron chi connectivity index (χ1n) is 6.64. The standard InChI is InChI=1S/C15H20N2O2/c1-3-8-16-12(2)15-7-6-13(10-17-15)19-11-14-5-4-9-18-14/h4-7,9-10,12,16H,3,8,11H2,1-2H3. The molecule has 0 saturated carbocycles. The summed E-state index contributed by atoms with van der Waals surface area (Å²) in [5.41, 5.74) is 1.03. The molecule has 0 amide bonds. The Balaban J connectivity index is 1.87. The number of nitrogens with zero attached hydrogens (tertiary/aromatic N) is 1. The molecule has 0 saturated heterocycles. The smallest absolute Gasteiger partial charge is 0.146 e. The van der Waals surface area contributed by atoms with Crippen molar-refractivity contribution < 1.29 is 9.15 Å². The average Bonchev–Trinajstić information content (AvgIpc) is 2.96. The number of nitrogens with one attached hydrogen (secondary N) is 1. The largest absolute Gasteiger partial charge is 0.484 e. The van der Waals surface area contributed by atoms with Gasteiger partial charge < -0.3 is 14.5 Å². The number of pyridine rings is 1. The zero-order valence-electron chi connectivity index (χ0n) is 11.4. The maximum Gasteiger partial charge on any atom is 0.146 e. The van der Waals surface area contributed by atoms with Gasteiger partial charge in [-0.2, -0.15) is 0 Å². The highest BCUT2D eigenvalue weighted by atomic mass is 16.5. The van der Waals surface area contributed by atoms with Gasteiger partial charge >= 0.3 is 0 Å². The normalized spacial score (nSPS) is 12.3. The summed E-state index contributed by atoms with van der Waals surface area (Å²) < 4.78 is 10.8. The van der Waals surface area contributed by atoms with Crippen LogP contribution in [0.15, 0.2) is 41.1 Å². The first-order chi connectivity index (χ1) is 9.29. The van der Waals surface area contributed by atoms with Gasteiger partial charge in [0.05, 0.1) is 18.2 Å². The van der Waals surface area contributed by atoms with E-state index in [1.165, 1.54) is 0 Å². The highest BCUT2D eigenvalue weighted by Crippen LogP contribution is 2.15. The highest BCUT2D eigenvalue weighted by Gasteiger charge is 2.06. The Labute approximate surface area is 113 Å². The lowest BCUT2D eigenvalue weighted by Crippen LogP contribution is -2.20. The Morgan fingerprint density at radius 3 is 2.89 bits per heavy atom. The number of ether oxygens (including phenoxy) is 1. The third-order valence-corrected chi connectivity index (χ3v) is 2.86. The summed E-state index contributed by atoms with van der Waals surface area (Å²) in [7, 11) is 0. The van der Waals surface area contributed by atoms with Crippen LogP contribution in [0.3, 0.4) is 0 Å². The van der Waals surface area contributed by atoms with Gasteiger partial charge in [0.1, 0.15) is 18.1 Å². The Bertz CT molecular complexity index is 465. The number of furan rings is 1. The van der Waals surface area contributed by atoms with Crippen molar-refractivity contribution in [3.63, 3.8) is 0 Å². The first kappa shape index (κ1) is 13.6. The van der Waals surface area contributed by atoms with Crippen molar-refractivity contribution in [1.29, 1.82) is 0 Å². The second kappa shape index (κ2) is 6.95. The molecule has 0 aliphatic rings. The maximum absolute atomic E-state index is 5.59. The maximum atomic E-state index is 5.59. The van der Waals surface area contributed by atoms with Crippen molar-refractivity contribution in [2.24, 2.45) is 0 Å². The fraction of sp³-hybridized carbons (Fsp3) is 0.400. The van der Waals surface area contributed by atoms with Crippen LogP contribution in [0.25, 0.3) is 0 Å². The molecule has 2 aromatic rings. The van der Waals surface area contributed by atoms with Gasteiger partial charge in [0.2, 0.25) is 0 Å². The highest BCUT2D eigenvalue weighted by molar-refractivity contribution is 5.21. The Morgan fingerprint density at radius 2 is 2.26 bits per heavy atom. The van der Waals surface area contributed by atoms with Crippen molar-refractivity contribution in [3.05, 3.63) is 48.2 Å². The number of hydrogen-bond acceptors (Lipinski definition) is 4. The fourth-order valence-corrected chi connectivity index (χ4v) is 1.75. The van der Waals surface area contributed by atoms with Crippen LogP contribution in [-0.4, -0.2) is 11.5 Å². The Morgan fingerprint density at radius 1 is 1.37 bits per heavy atom. The van der Waals surface area contributed by atoms with E-state index in [2.05, 4.69) is 24.1 Å². The lowest BCUT2D eigenvalue weighted by molar-refractivity contribution is 0.269. The third-order valence-electron chi connectivity index (χ3n) is 2.86. The molecule has 1 atom stereocenters. The van der Waals surface area contributed by atoms with Gasteiger partial charge in [0, 0.05) is 6.04 Å². The molecular formula is C15H20N2O2. The van der Waals surface area contributed by atoms with Gasteiger partial charge in [-0.3, -0.25) is 4.98 Å². The molecule has 19 heavy (non-hydrogen) atoms. The lowest BCUT2D eigenvalue weighted by Gasteiger charge is -2.13. The van der Waals surface area contributed by atoms with Crippen LogP contribution in [0, 0.1) is 0 Å². The van der Waals surface area contributed by atoms with Crippen LogP contribution in [-0.2, 0) is 6.61 Å². The van der Waals surface area contributed by atoms with Gasteiger partial charge in [0.25, 0.3) is 0 Å². The molecule has 1 unspecified atom stereocenters. The van der Waals surface area contributed by atoms with E-state index in [0.717, 1.165) is 30.2 Å². The van der Waals surface area contributed by atoms with Gasteiger partial charge in [-0.1, -0.05) is 6.92 Å². The Kier molecular flexibility index (Phi) is 4.98. The van der Waals surface area contributed by atoms with Gasteiger partial charge in [-0.05, 0) is 44.2 Å². The fourth-order valence-electron chi connectivity index (χ4n) is 1.75. The van der Waals surface area contributed by atoms with Crippen LogP contribution >= 0.6 is 0 Å². The molecule has 0 aliphatic heterocycles. The van der Waals surface area contributed by atoms with Crippen LogP contribution < -0.4 is 10.1 Å². The molecule has 0 fully saturated rings. The summed E-state index contributed by atoms with van der Waals surface area (Å²) >= 11 is 0. The lowest BCUT2D eigenvalue weighted by atomic mass is 10.2. The van der Waals surface area contributed by atoms with Crippen molar-refractivity contribution in [2.75, 3.05) is 6.54 Å². The number of rotatable bonds is 7. The predicted octanol–water partition coefficient (Wildman–Crippen LogP) is 3.31. The van der Waals surface area contributed by atoms with Crippen molar-refractivity contribution in [1.82, 2.24) is 10.3 Å². The van der Waals surface area contributed by atoms with Crippen LogP contribution in [0.2, 0.25) is 0 Å². The Hall–Kier alpha value is -1.81. The molecule has 1 N–H and O–H groups in total. The third kappa shape index (κ3) is 4.10. The van der Waals surface area contributed by atoms with E-state index in [1.54, 1.807) is 12.5 Å². The summed E-state index contributed by atoms with van der Waals surface area (Å²) in [6, 6.07) is 7.93. The molecule has 0 spiro atoms. The summed E-state index contributed by atoms with van der Waals surface area (Å²) in [6.07, 6.45) is 4.51. The molecule has 2 aromatic heterocycles. The average molecular weight is 260 g/mol. The summed E-state index contributed by atoms with van der Waals surface area (Å²) in [4.78, 5) is 4.41. The van der Waals surface area contributed by atoms with E-state index >= 15 is 0 Å². The SMILES string of the molecule is CCCNC(C)c1ccc(OCc2ccco2)cn1. The predicted molar refractivity (Wildman–Crippen MR) is 74.0 cm³/mol. The molecule has 0 aromatic carbocycles. The molecule has 0 aliphatic carbocycles. The molecule has 4 nitrogen and oxygen atoms in total. The van der Waals surface area contributed by atoms with Crippen LogP contribution in [0.1, 0.15) is 37.8 Å². The van der Waals surface area contributed by atoms with Gasteiger partial charge in [-0.25, -0.2) is 0 Å². The van der Waals surface area contributed by atoms with Crippen molar-refractivity contribution in [3.8, 4) is 5.75 Å². The molecule has 2 heterocycles. The topological polar surface area (TPSA) is 47.3 Å². The zero-order valence-corrected chi connectivity index (χ0v) is 11.4. The molecule has 0 bridgehead atoms. The minimum atomic E-state index is 0.263. The summed E-state index contributed by atoms with van der Waals surface area (Å²) in [5.74, 6) is 1.56. The minimum absolute atomic E-state index is 0.263. The van der Waals surface area contributed by atoms with Crippen molar-refractivity contribution in [2.45, 2.75) is 32.9 Å². The minimum Gasteiger partial charge on any atom is -0.484 e. The van der Waals surface area contributed by atoms with Crippen molar-refractivity contribution >= 4 is 0 Å². The number of hydrogen-bond donors (Lipinski definition) is 1. The van der Waals surface area contributed by atoms with Crippen LogP contribution in [0.4, 0.5) is 0 Å². The van der Waals surface area contributed by atoms with Gasteiger partial charge in [0.15, 0.2) is 0 Å². The first-order valence-corrected chi connectivity index (χ1v) is 6.64. The van der Waals surface area contributed by atoms with E-state index in [9.17, 15) is 0 Å².